The van der Waals surface area contributed by atoms with E-state index in [-0.39, 0.29) is 22.9 Å². The molecule has 4 N–H and O–H groups in total. The second-order valence-corrected chi connectivity index (χ2v) is 7.57. The Morgan fingerprint density at radius 2 is 2.00 bits per heavy atom. The molecule has 3 aromatic rings. The van der Waals surface area contributed by atoms with Gasteiger partial charge in [0.15, 0.2) is 5.82 Å². The molecule has 0 bridgehead atoms. The number of hydrogen-bond donors (Lipinski definition) is 4. The van der Waals surface area contributed by atoms with Crippen LogP contribution in [0, 0.1) is 5.82 Å². The normalized spacial score (nSPS) is 12.7. The van der Waals surface area contributed by atoms with E-state index in [1.54, 1.807) is 33.8 Å². The Balaban J connectivity index is 2.13. The van der Waals surface area contributed by atoms with Crippen molar-refractivity contribution in [1.29, 1.82) is 0 Å². The van der Waals surface area contributed by atoms with Gasteiger partial charge in [-0.1, -0.05) is 0 Å². The Labute approximate surface area is 179 Å². The number of aliphatic hydroxyl groups is 1. The summed E-state index contributed by atoms with van der Waals surface area (Å²) in [6.07, 6.45) is 2.35. The highest BCUT2D eigenvalue weighted by atomic mass is 19.1. The van der Waals surface area contributed by atoms with E-state index in [9.17, 15) is 9.90 Å². The molecule has 0 aliphatic carbocycles. The van der Waals surface area contributed by atoms with Crippen molar-refractivity contribution in [3.63, 3.8) is 0 Å². The zero-order valence-electron chi connectivity index (χ0n) is 18.2. The lowest BCUT2D eigenvalue weighted by molar-refractivity contribution is 0.0687. The quantitative estimate of drug-likeness (QED) is 0.454. The highest BCUT2D eigenvalue weighted by Gasteiger charge is 2.24. The molecular formula is C21H27FN6O3. The molecule has 3 rings (SSSR count). The molecule has 1 aromatic carbocycles. The Bertz CT molecular complexity index is 1080. The number of ether oxygens (including phenoxy) is 1. The molecule has 1 atom stereocenters. The Morgan fingerprint density at radius 1 is 1.32 bits per heavy atom. The van der Waals surface area contributed by atoms with Gasteiger partial charge in [-0.25, -0.2) is 24.1 Å². The summed E-state index contributed by atoms with van der Waals surface area (Å²) < 4.78 is 21.3. The number of fused-ring (bicyclic) bond motifs is 1. The van der Waals surface area contributed by atoms with Crippen molar-refractivity contribution in [2.75, 3.05) is 18.5 Å². The van der Waals surface area contributed by atoms with Gasteiger partial charge < -0.3 is 20.1 Å². The lowest BCUT2D eigenvalue weighted by Gasteiger charge is -2.17. The van der Waals surface area contributed by atoms with Gasteiger partial charge in [0.1, 0.15) is 11.4 Å². The molecule has 2 aromatic heterocycles. The number of hydrogen-bond acceptors (Lipinski definition) is 6. The number of halogens is 1. The maximum atomic E-state index is 15.7. The van der Waals surface area contributed by atoms with Gasteiger partial charge in [0.05, 0.1) is 17.1 Å². The number of aromatic amines is 1. The number of benzene rings is 1. The number of nitrogens with zero attached hydrogens (tertiary/aromatic N) is 3. The second-order valence-electron chi connectivity index (χ2n) is 7.57. The first-order chi connectivity index (χ1) is 14.7. The van der Waals surface area contributed by atoms with E-state index in [4.69, 9.17) is 4.74 Å². The van der Waals surface area contributed by atoms with Gasteiger partial charge in [0, 0.05) is 42.2 Å². The molecule has 9 nitrogen and oxygen atoms in total. The largest absolute Gasteiger partial charge is 0.382 e. The van der Waals surface area contributed by atoms with Crippen molar-refractivity contribution in [2.24, 2.45) is 0 Å². The first kappa shape index (κ1) is 22.6. The van der Waals surface area contributed by atoms with Gasteiger partial charge >= 0.3 is 6.03 Å². The molecule has 0 aliphatic rings. The van der Waals surface area contributed by atoms with Gasteiger partial charge in [0.25, 0.3) is 0 Å². The van der Waals surface area contributed by atoms with Crippen molar-refractivity contribution >= 4 is 23.0 Å². The first-order valence-corrected chi connectivity index (χ1v) is 10.1. The molecule has 0 spiro atoms. The van der Waals surface area contributed by atoms with E-state index in [0.717, 1.165) is 0 Å². The summed E-state index contributed by atoms with van der Waals surface area (Å²) in [4.78, 5) is 27.6. The maximum absolute atomic E-state index is 15.7. The zero-order chi connectivity index (χ0) is 22.8. The Hall–Kier alpha value is -3.11. The lowest BCUT2D eigenvalue weighted by Crippen LogP contribution is -2.28. The molecule has 10 heteroatoms. The summed E-state index contributed by atoms with van der Waals surface area (Å²) in [6.45, 7) is 9.37. The smallest absolute Gasteiger partial charge is 0.321 e. The fraction of sp³-hybridized carbons (Fsp3) is 0.429. The minimum Gasteiger partial charge on any atom is -0.382 e. The van der Waals surface area contributed by atoms with E-state index in [1.165, 1.54) is 12.4 Å². The van der Waals surface area contributed by atoms with Crippen LogP contribution in [0.1, 0.15) is 52.1 Å². The van der Waals surface area contributed by atoms with E-state index < -0.39 is 23.6 Å². The summed E-state index contributed by atoms with van der Waals surface area (Å²) in [5, 5.41) is 15.3. The topological polar surface area (TPSA) is 125 Å². The molecule has 0 radical (unpaired) electrons. The molecule has 0 aliphatic heterocycles. The summed E-state index contributed by atoms with van der Waals surface area (Å²) >= 11 is 0. The Kier molecular flexibility index (Phi) is 6.51. The van der Waals surface area contributed by atoms with E-state index in [2.05, 4.69) is 30.6 Å². The van der Waals surface area contributed by atoms with Gasteiger partial charge in [-0.15, -0.1) is 0 Å². The van der Waals surface area contributed by atoms with Crippen LogP contribution in [-0.4, -0.2) is 44.2 Å². The monoisotopic (exact) mass is 430 g/mol. The number of carbonyl (C=O) groups is 1. The Morgan fingerprint density at radius 3 is 2.58 bits per heavy atom. The highest BCUT2D eigenvalue weighted by molar-refractivity contribution is 5.92. The number of imidazole rings is 1. The van der Waals surface area contributed by atoms with Crippen LogP contribution >= 0.6 is 0 Å². The van der Waals surface area contributed by atoms with Gasteiger partial charge in [-0.05, 0) is 40.7 Å². The number of H-pyrrole nitrogens is 1. The van der Waals surface area contributed by atoms with Crippen LogP contribution in [0.5, 0.6) is 0 Å². The average Bonchev–Trinajstić information content (AvgIpc) is 3.08. The van der Waals surface area contributed by atoms with Crippen LogP contribution in [0.4, 0.5) is 15.1 Å². The summed E-state index contributed by atoms with van der Waals surface area (Å²) in [7, 11) is 0. The highest BCUT2D eigenvalue weighted by Crippen LogP contribution is 2.35. The molecule has 0 saturated heterocycles. The summed E-state index contributed by atoms with van der Waals surface area (Å²) in [5.41, 5.74) is 0.639. The summed E-state index contributed by atoms with van der Waals surface area (Å²) in [5.74, 6) is -0.0776. The fourth-order valence-corrected chi connectivity index (χ4v) is 3.23. The number of anilines is 1. The zero-order valence-corrected chi connectivity index (χ0v) is 18.2. The van der Waals surface area contributed by atoms with Crippen LogP contribution in [0.2, 0.25) is 0 Å². The van der Waals surface area contributed by atoms with Gasteiger partial charge in [0.2, 0.25) is 5.95 Å². The lowest BCUT2D eigenvalue weighted by atomic mass is 9.99. The third-order valence-electron chi connectivity index (χ3n) is 4.66. The van der Waals surface area contributed by atoms with Crippen molar-refractivity contribution in [3.8, 4) is 11.1 Å². The van der Waals surface area contributed by atoms with Crippen LogP contribution in [-0.2, 0) is 10.3 Å². The molecule has 0 fully saturated rings. The molecule has 0 unspecified atom stereocenters. The molecule has 166 valence electrons. The predicted molar refractivity (Wildman–Crippen MR) is 115 cm³/mol. The predicted octanol–water partition coefficient (Wildman–Crippen LogP) is 3.63. The number of aromatic nitrogens is 4. The average molecular weight is 430 g/mol. The molecule has 2 amide bonds. The molecule has 2 heterocycles. The van der Waals surface area contributed by atoms with E-state index >= 15 is 4.39 Å². The molecular weight excluding hydrogens is 403 g/mol. The third-order valence-corrected chi connectivity index (χ3v) is 4.66. The third kappa shape index (κ3) is 4.80. The fourth-order valence-electron chi connectivity index (χ4n) is 3.23. The van der Waals surface area contributed by atoms with Gasteiger partial charge in [-0.2, -0.15) is 0 Å². The van der Waals surface area contributed by atoms with Crippen LogP contribution in [0.25, 0.3) is 22.2 Å². The number of carbonyl (C=O) groups excluding carboxylic acids is 1. The number of nitrogens with one attached hydrogen (secondary N) is 3. The van der Waals surface area contributed by atoms with Crippen molar-refractivity contribution in [1.82, 2.24) is 25.3 Å². The standard InChI is InChI=1S/C21H27FN6O3/c1-6-23-20(29)28-19-26-14-8-13(12-9-24-18(25-10-12)21(4,5)30)16(22)15(17(14)27-19)11(3)31-7-2/h8-11,30H,6-7H2,1-5H3,(H3,23,26,27,28,29)/t11-/m1/s1. The minimum atomic E-state index is -1.21. The molecule has 0 saturated carbocycles. The van der Waals surface area contributed by atoms with E-state index in [1.807, 2.05) is 6.92 Å². The number of amides is 2. The minimum absolute atomic E-state index is 0.191. The van der Waals surface area contributed by atoms with Gasteiger partial charge in [-0.3, -0.25) is 5.32 Å². The number of urea groups is 1. The van der Waals surface area contributed by atoms with Crippen molar-refractivity contribution < 1.29 is 19.0 Å². The first-order valence-electron chi connectivity index (χ1n) is 10.1. The van der Waals surface area contributed by atoms with E-state index in [0.29, 0.717) is 29.7 Å². The SMILES string of the molecule is CCNC(=O)Nc1nc2cc(-c3cnc(C(C)(C)O)nc3)c(F)c([C@@H](C)OCC)c2[nH]1. The van der Waals surface area contributed by atoms with Crippen molar-refractivity contribution in [2.45, 2.75) is 46.3 Å². The second kappa shape index (κ2) is 8.94. The van der Waals surface area contributed by atoms with Crippen LogP contribution < -0.4 is 10.6 Å². The van der Waals surface area contributed by atoms with Crippen LogP contribution in [0.15, 0.2) is 18.5 Å². The summed E-state index contributed by atoms with van der Waals surface area (Å²) in [6, 6.07) is 1.14. The van der Waals surface area contributed by atoms with Crippen LogP contribution in [0.3, 0.4) is 0 Å². The number of rotatable bonds is 7. The molecule has 31 heavy (non-hydrogen) atoms. The van der Waals surface area contributed by atoms with Crippen molar-refractivity contribution in [3.05, 3.63) is 35.7 Å². The maximum Gasteiger partial charge on any atom is 0.321 e.